The Kier molecular flexibility index (Phi) is 8.82. The van der Waals surface area contributed by atoms with Gasteiger partial charge in [-0.3, -0.25) is 0 Å². The quantitative estimate of drug-likeness (QED) is 0.487. The zero-order chi connectivity index (χ0) is 21.0. The van der Waals surface area contributed by atoms with Gasteiger partial charge >= 0.3 is 11.9 Å². The summed E-state index contributed by atoms with van der Waals surface area (Å²) in [6.07, 6.45) is 5.62. The predicted octanol–water partition coefficient (Wildman–Crippen LogP) is 1.84. The van der Waals surface area contributed by atoms with Crippen molar-refractivity contribution >= 4 is 24.1 Å². The number of esters is 2. The monoisotopic (exact) mass is 395 g/mol. The van der Waals surface area contributed by atoms with Crippen molar-refractivity contribution in [3.8, 4) is 0 Å². The van der Waals surface area contributed by atoms with E-state index in [-0.39, 0.29) is 13.2 Å². The second kappa shape index (κ2) is 11.6. The molecule has 0 saturated heterocycles. The third kappa shape index (κ3) is 7.73. The van der Waals surface area contributed by atoms with Gasteiger partial charge in [-0.05, 0) is 23.3 Å². The van der Waals surface area contributed by atoms with Gasteiger partial charge in [-0.25, -0.2) is 9.59 Å². The van der Waals surface area contributed by atoms with Crippen molar-refractivity contribution in [2.45, 2.75) is 0 Å². The molecule has 0 heterocycles. The SMILES string of the molecule is O=C(/C=C/c1ccccc1)OCC(C[O-])(CO)COC(=O)/C=C/c1ccccc1. The Morgan fingerprint density at radius 2 is 1.24 bits per heavy atom. The fourth-order valence-corrected chi connectivity index (χ4v) is 2.26. The molecular weight excluding hydrogens is 372 g/mol. The van der Waals surface area contributed by atoms with Crippen molar-refractivity contribution in [2.24, 2.45) is 5.41 Å². The normalized spacial score (nSPS) is 11.7. The maximum atomic E-state index is 11.9. The Bertz CT molecular complexity index is 755. The van der Waals surface area contributed by atoms with E-state index in [1.54, 1.807) is 12.2 Å². The van der Waals surface area contributed by atoms with E-state index in [0.717, 1.165) is 11.1 Å². The van der Waals surface area contributed by atoms with Gasteiger partial charge in [-0.1, -0.05) is 60.7 Å². The molecule has 0 amide bonds. The van der Waals surface area contributed by atoms with Crippen LogP contribution in [0.1, 0.15) is 11.1 Å². The van der Waals surface area contributed by atoms with E-state index >= 15 is 0 Å². The highest BCUT2D eigenvalue weighted by atomic mass is 16.5. The van der Waals surface area contributed by atoms with E-state index in [1.807, 2.05) is 60.7 Å². The second-order valence-corrected chi connectivity index (χ2v) is 6.51. The van der Waals surface area contributed by atoms with Crippen molar-refractivity contribution in [3.05, 3.63) is 83.9 Å². The molecule has 29 heavy (non-hydrogen) atoms. The molecule has 0 radical (unpaired) electrons. The maximum Gasteiger partial charge on any atom is 0.330 e. The summed E-state index contributed by atoms with van der Waals surface area (Å²) in [7, 11) is 0. The third-order valence-electron chi connectivity index (χ3n) is 4.11. The Morgan fingerprint density at radius 1 is 0.828 bits per heavy atom. The molecule has 0 bridgehead atoms. The molecular formula is C23H23O6-. The van der Waals surface area contributed by atoms with Gasteiger partial charge in [0.2, 0.25) is 0 Å². The van der Waals surface area contributed by atoms with E-state index in [2.05, 4.69) is 0 Å². The third-order valence-corrected chi connectivity index (χ3v) is 4.11. The Balaban J connectivity index is 1.86. The molecule has 1 N–H and O–H groups in total. The number of hydrogen-bond acceptors (Lipinski definition) is 6. The number of carbonyl (C=O) groups is 2. The number of aliphatic hydroxyl groups excluding tert-OH is 1. The van der Waals surface area contributed by atoms with Crippen molar-refractivity contribution in [2.75, 3.05) is 26.4 Å². The summed E-state index contributed by atoms with van der Waals surface area (Å²) in [5, 5.41) is 21.2. The molecule has 152 valence electrons. The van der Waals surface area contributed by atoms with Gasteiger partial charge in [0.05, 0.1) is 6.61 Å². The van der Waals surface area contributed by atoms with Gasteiger partial charge < -0.3 is 19.7 Å². The average Bonchev–Trinajstić information content (AvgIpc) is 2.78. The number of aliphatic hydroxyl groups is 1. The zero-order valence-electron chi connectivity index (χ0n) is 15.9. The summed E-state index contributed by atoms with van der Waals surface area (Å²) in [5.74, 6) is -1.31. The minimum Gasteiger partial charge on any atom is -0.854 e. The van der Waals surface area contributed by atoms with E-state index in [9.17, 15) is 19.8 Å². The van der Waals surface area contributed by atoms with Crippen LogP contribution in [0.5, 0.6) is 0 Å². The number of carbonyl (C=O) groups excluding carboxylic acids is 2. The molecule has 0 spiro atoms. The summed E-state index contributed by atoms with van der Waals surface area (Å²) in [5.41, 5.74) is 0.244. The lowest BCUT2D eigenvalue weighted by Crippen LogP contribution is -2.45. The second-order valence-electron chi connectivity index (χ2n) is 6.51. The highest BCUT2D eigenvalue weighted by molar-refractivity contribution is 5.87. The molecule has 0 atom stereocenters. The molecule has 0 aliphatic heterocycles. The number of benzene rings is 2. The number of rotatable bonds is 10. The van der Waals surface area contributed by atoms with E-state index in [4.69, 9.17) is 9.47 Å². The maximum absolute atomic E-state index is 11.9. The molecule has 0 aromatic heterocycles. The molecule has 0 aliphatic carbocycles. The van der Waals surface area contributed by atoms with E-state index in [0.29, 0.717) is 0 Å². The van der Waals surface area contributed by atoms with Gasteiger partial charge in [0, 0.05) is 17.6 Å². The summed E-state index contributed by atoms with van der Waals surface area (Å²) in [6, 6.07) is 18.3. The number of hydrogen-bond donors (Lipinski definition) is 1. The first-order valence-corrected chi connectivity index (χ1v) is 9.06. The fraction of sp³-hybridized carbons (Fsp3) is 0.217. The van der Waals surface area contributed by atoms with Crippen LogP contribution >= 0.6 is 0 Å². The van der Waals surface area contributed by atoms with Crippen LogP contribution in [0.3, 0.4) is 0 Å². The van der Waals surface area contributed by atoms with Crippen molar-refractivity contribution in [1.29, 1.82) is 0 Å². The Hall–Kier alpha value is -3.22. The predicted molar refractivity (Wildman–Crippen MR) is 107 cm³/mol. The summed E-state index contributed by atoms with van der Waals surface area (Å²) in [4.78, 5) is 23.8. The Morgan fingerprint density at radius 3 is 1.59 bits per heavy atom. The van der Waals surface area contributed by atoms with Gasteiger partial charge in [-0.2, -0.15) is 0 Å². The van der Waals surface area contributed by atoms with Crippen molar-refractivity contribution in [1.82, 2.24) is 0 Å². The lowest BCUT2D eigenvalue weighted by Gasteiger charge is -2.33. The standard InChI is InChI=1S/C23H23O6/c24-15-23(16-25,17-28-21(26)13-11-19-7-3-1-4-8-19)18-29-22(27)14-12-20-9-5-2-6-10-20/h1-14,24H,15-18H2/q-1/b13-11+,14-12+. The van der Waals surface area contributed by atoms with Crippen LogP contribution in [-0.4, -0.2) is 43.5 Å². The van der Waals surface area contributed by atoms with Gasteiger partial charge in [-0.15, -0.1) is 6.61 Å². The summed E-state index contributed by atoms with van der Waals surface area (Å²) in [6.45, 7) is -2.07. The van der Waals surface area contributed by atoms with Crippen LogP contribution in [-0.2, 0) is 19.1 Å². The summed E-state index contributed by atoms with van der Waals surface area (Å²) < 4.78 is 10.2. The fourth-order valence-electron chi connectivity index (χ4n) is 2.26. The minimum atomic E-state index is -1.40. The molecule has 2 aromatic rings. The van der Waals surface area contributed by atoms with Gasteiger partial charge in [0.15, 0.2) is 0 Å². The van der Waals surface area contributed by atoms with Crippen LogP contribution in [0.4, 0.5) is 0 Å². The smallest absolute Gasteiger partial charge is 0.330 e. The first-order valence-electron chi connectivity index (χ1n) is 9.06. The lowest BCUT2D eigenvalue weighted by molar-refractivity contribution is -0.399. The number of ether oxygens (including phenoxy) is 2. The van der Waals surface area contributed by atoms with Crippen LogP contribution in [0.15, 0.2) is 72.8 Å². The minimum absolute atomic E-state index is 0.360. The van der Waals surface area contributed by atoms with Crippen LogP contribution in [0.2, 0.25) is 0 Å². The highest BCUT2D eigenvalue weighted by Gasteiger charge is 2.28. The molecule has 2 rings (SSSR count). The van der Waals surface area contributed by atoms with Crippen molar-refractivity contribution < 1.29 is 29.3 Å². The molecule has 0 saturated carbocycles. The van der Waals surface area contributed by atoms with Crippen molar-refractivity contribution in [3.63, 3.8) is 0 Å². The zero-order valence-corrected chi connectivity index (χ0v) is 15.9. The topological polar surface area (TPSA) is 95.9 Å². The lowest BCUT2D eigenvalue weighted by atomic mass is 9.92. The average molecular weight is 395 g/mol. The molecule has 6 heteroatoms. The molecule has 6 nitrogen and oxygen atoms in total. The molecule has 0 fully saturated rings. The highest BCUT2D eigenvalue weighted by Crippen LogP contribution is 2.17. The van der Waals surface area contributed by atoms with E-state index in [1.165, 1.54) is 12.2 Å². The molecule has 0 unspecified atom stereocenters. The van der Waals surface area contributed by atoms with Crippen LogP contribution in [0, 0.1) is 5.41 Å². The van der Waals surface area contributed by atoms with Crippen LogP contribution in [0.25, 0.3) is 12.2 Å². The molecule has 2 aromatic carbocycles. The molecule has 0 aliphatic rings. The first kappa shape index (κ1) is 22.1. The first-order chi connectivity index (χ1) is 14.1. The van der Waals surface area contributed by atoms with Crippen LogP contribution < -0.4 is 5.11 Å². The van der Waals surface area contributed by atoms with E-state index < -0.39 is 30.6 Å². The van der Waals surface area contributed by atoms with Gasteiger partial charge in [0.25, 0.3) is 0 Å². The summed E-state index contributed by atoms with van der Waals surface area (Å²) >= 11 is 0. The largest absolute Gasteiger partial charge is 0.854 e. The Labute approximate surface area is 169 Å². The van der Waals surface area contributed by atoms with Gasteiger partial charge in [0.1, 0.15) is 13.2 Å².